The highest BCUT2D eigenvalue weighted by Crippen LogP contribution is 2.44. The van der Waals surface area contributed by atoms with Gasteiger partial charge < -0.3 is 24.2 Å². The summed E-state index contributed by atoms with van der Waals surface area (Å²) in [7, 11) is 1.72. The second-order valence-electron chi connectivity index (χ2n) is 11.6. The third-order valence-corrected chi connectivity index (χ3v) is 9.71. The highest BCUT2D eigenvalue weighted by atomic mass is 35.5. The summed E-state index contributed by atoms with van der Waals surface area (Å²) >= 11 is 6.16. The first-order valence-electron chi connectivity index (χ1n) is 14.3. The number of likely N-dealkylation sites (tertiary alicyclic amines) is 1. The van der Waals surface area contributed by atoms with E-state index in [1.807, 2.05) is 23.1 Å². The number of piperidine rings is 1. The van der Waals surface area contributed by atoms with Crippen molar-refractivity contribution >= 4 is 35.1 Å². The molecule has 0 aromatic heterocycles. The van der Waals surface area contributed by atoms with Gasteiger partial charge in [0.15, 0.2) is 0 Å². The number of rotatable bonds is 6. The van der Waals surface area contributed by atoms with Crippen LogP contribution in [0.25, 0.3) is 0 Å². The molecule has 1 aromatic rings. The Morgan fingerprint density at radius 1 is 1.05 bits per heavy atom. The summed E-state index contributed by atoms with van der Waals surface area (Å²) in [5.74, 6) is -0.239. The van der Waals surface area contributed by atoms with Gasteiger partial charge in [0.05, 0.1) is 5.41 Å². The molecular formula is C29H41ClN4O5. The lowest BCUT2D eigenvalue weighted by Crippen LogP contribution is -2.63. The summed E-state index contributed by atoms with van der Waals surface area (Å²) in [5, 5.41) is 0.758. The summed E-state index contributed by atoms with van der Waals surface area (Å²) in [5.41, 5.74) is -0.194. The van der Waals surface area contributed by atoms with Crippen LogP contribution in [0.4, 0.5) is 5.69 Å². The predicted molar refractivity (Wildman–Crippen MR) is 149 cm³/mol. The molecule has 10 heteroatoms. The summed E-state index contributed by atoms with van der Waals surface area (Å²) in [6, 6.07) is 8.00. The predicted octanol–water partition coefficient (Wildman–Crippen LogP) is 2.80. The largest absolute Gasteiger partial charge is 0.462 e. The van der Waals surface area contributed by atoms with Crippen molar-refractivity contribution in [3.8, 4) is 0 Å². The minimum Gasteiger partial charge on any atom is -0.462 e. The topological polar surface area (TPSA) is 82.6 Å². The fourth-order valence-electron chi connectivity index (χ4n) is 6.77. The van der Waals surface area contributed by atoms with Crippen LogP contribution >= 0.6 is 11.6 Å². The van der Waals surface area contributed by atoms with Gasteiger partial charge in [-0.3, -0.25) is 19.3 Å². The Bertz CT molecular complexity index is 1060. The number of esters is 1. The van der Waals surface area contributed by atoms with E-state index in [4.69, 9.17) is 21.1 Å². The van der Waals surface area contributed by atoms with Crippen molar-refractivity contribution in [3.63, 3.8) is 0 Å². The lowest BCUT2D eigenvalue weighted by atomic mass is 9.75. The fraction of sp³-hybridized carbons (Fsp3) is 0.690. The lowest BCUT2D eigenvalue weighted by Gasteiger charge is -2.47. The molecule has 1 aromatic carbocycles. The zero-order valence-corrected chi connectivity index (χ0v) is 24.0. The van der Waals surface area contributed by atoms with Crippen molar-refractivity contribution in [3.05, 3.63) is 29.3 Å². The molecule has 4 saturated heterocycles. The van der Waals surface area contributed by atoms with Gasteiger partial charge in [-0.25, -0.2) is 0 Å². The molecule has 4 aliphatic rings. The molecule has 9 nitrogen and oxygen atoms in total. The number of carbonyl (C=O) groups is 3. The third-order valence-electron chi connectivity index (χ3n) is 9.48. The number of halogens is 1. The van der Waals surface area contributed by atoms with Crippen molar-refractivity contribution in [1.82, 2.24) is 14.7 Å². The number of benzene rings is 1. The SMILES string of the molecule is CC(=O)N(C)C1(C(=O)N2CCC3(CC2)C[C@H](CCN2CCN(c4cccc(Cl)c4)CC2)OC3=O)CCOCC1. The van der Waals surface area contributed by atoms with Crippen LogP contribution in [0.2, 0.25) is 5.02 Å². The Morgan fingerprint density at radius 3 is 2.38 bits per heavy atom. The van der Waals surface area contributed by atoms with Crippen molar-refractivity contribution in [2.24, 2.45) is 5.41 Å². The van der Waals surface area contributed by atoms with E-state index in [2.05, 4.69) is 15.9 Å². The smallest absolute Gasteiger partial charge is 0.312 e. The lowest BCUT2D eigenvalue weighted by molar-refractivity contribution is -0.162. The summed E-state index contributed by atoms with van der Waals surface area (Å²) in [6.45, 7) is 8.20. The second-order valence-corrected chi connectivity index (χ2v) is 12.1. The molecule has 1 spiro atoms. The van der Waals surface area contributed by atoms with Gasteiger partial charge in [0.25, 0.3) is 0 Å². The van der Waals surface area contributed by atoms with Gasteiger partial charge in [0.2, 0.25) is 11.8 Å². The Kier molecular flexibility index (Phi) is 8.40. The second kappa shape index (κ2) is 11.6. The van der Waals surface area contributed by atoms with E-state index >= 15 is 0 Å². The van der Waals surface area contributed by atoms with E-state index in [1.165, 1.54) is 6.92 Å². The molecular weight excluding hydrogens is 520 g/mol. The van der Waals surface area contributed by atoms with Gasteiger partial charge in [-0.15, -0.1) is 0 Å². The molecule has 4 aliphatic heterocycles. The number of amides is 2. The molecule has 1 atom stereocenters. The number of carbonyl (C=O) groups excluding carboxylic acids is 3. The van der Waals surface area contributed by atoms with Crippen LogP contribution < -0.4 is 4.90 Å². The maximum absolute atomic E-state index is 13.7. The molecule has 0 unspecified atom stereocenters. The van der Waals surface area contributed by atoms with E-state index in [9.17, 15) is 14.4 Å². The Balaban J connectivity index is 1.11. The first kappa shape index (κ1) is 28.2. The molecule has 0 radical (unpaired) electrons. The van der Waals surface area contributed by atoms with Gasteiger partial charge >= 0.3 is 5.97 Å². The Hall–Kier alpha value is -2.36. The summed E-state index contributed by atoms with van der Waals surface area (Å²) < 4.78 is 11.4. The molecule has 0 aliphatic carbocycles. The van der Waals surface area contributed by atoms with E-state index in [0.29, 0.717) is 52.0 Å². The van der Waals surface area contributed by atoms with E-state index < -0.39 is 11.0 Å². The molecule has 2 amide bonds. The van der Waals surface area contributed by atoms with Crippen LogP contribution in [0.5, 0.6) is 0 Å². The molecule has 214 valence electrons. The zero-order valence-electron chi connectivity index (χ0n) is 23.2. The maximum atomic E-state index is 13.7. The minimum atomic E-state index is -0.857. The summed E-state index contributed by atoms with van der Waals surface area (Å²) in [6.07, 6.45) is 3.71. The summed E-state index contributed by atoms with van der Waals surface area (Å²) in [4.78, 5) is 47.3. The molecule has 4 heterocycles. The van der Waals surface area contributed by atoms with E-state index in [0.717, 1.165) is 56.3 Å². The average molecular weight is 561 g/mol. The van der Waals surface area contributed by atoms with Crippen LogP contribution in [0.15, 0.2) is 24.3 Å². The highest BCUT2D eigenvalue weighted by molar-refractivity contribution is 6.30. The number of cyclic esters (lactones) is 1. The maximum Gasteiger partial charge on any atom is 0.312 e. The van der Waals surface area contributed by atoms with Crippen molar-refractivity contribution in [1.29, 1.82) is 0 Å². The van der Waals surface area contributed by atoms with E-state index in [-0.39, 0.29) is 23.9 Å². The zero-order chi connectivity index (χ0) is 27.6. The Labute approximate surface area is 236 Å². The van der Waals surface area contributed by atoms with E-state index in [1.54, 1.807) is 11.9 Å². The monoisotopic (exact) mass is 560 g/mol. The number of hydrogen-bond donors (Lipinski definition) is 0. The highest BCUT2D eigenvalue weighted by Gasteiger charge is 2.53. The molecule has 4 fully saturated rings. The number of likely N-dealkylation sites (N-methyl/N-ethyl adjacent to an activating group) is 1. The number of anilines is 1. The van der Waals surface area contributed by atoms with Crippen LogP contribution in [-0.2, 0) is 23.9 Å². The van der Waals surface area contributed by atoms with Crippen molar-refractivity contribution < 1.29 is 23.9 Å². The first-order valence-corrected chi connectivity index (χ1v) is 14.7. The molecule has 0 bridgehead atoms. The number of hydrogen-bond acceptors (Lipinski definition) is 7. The standard InChI is InChI=1S/C29H41ClN4O5/c1-22(35)31(2)29(9-18-38-19-10-29)26(36)34-12-7-28(8-13-34)21-25(39-27(28)37)6-11-32-14-16-33(17-15-32)24-5-3-4-23(30)20-24/h3-5,20,25H,6-19,21H2,1-2H3/t25-/m0/s1. The number of piperazine rings is 1. The van der Waals surface area contributed by atoms with Crippen LogP contribution in [0.1, 0.15) is 45.4 Å². The average Bonchev–Trinajstić information content (AvgIpc) is 3.26. The minimum absolute atomic E-state index is 0.0156. The fourth-order valence-corrected chi connectivity index (χ4v) is 6.96. The quantitative estimate of drug-likeness (QED) is 0.495. The normalized spacial score (nSPS) is 25.0. The van der Waals surface area contributed by atoms with Gasteiger partial charge in [0, 0.05) is 103 Å². The van der Waals surface area contributed by atoms with Crippen molar-refractivity contribution in [2.45, 2.75) is 57.1 Å². The molecule has 39 heavy (non-hydrogen) atoms. The van der Waals surface area contributed by atoms with Gasteiger partial charge in [-0.1, -0.05) is 17.7 Å². The number of nitrogens with zero attached hydrogens (tertiary/aromatic N) is 4. The molecule has 5 rings (SSSR count). The number of ether oxygens (including phenoxy) is 2. The van der Waals surface area contributed by atoms with Crippen LogP contribution in [-0.4, -0.2) is 110 Å². The third kappa shape index (κ3) is 5.77. The van der Waals surface area contributed by atoms with Crippen LogP contribution in [0, 0.1) is 5.41 Å². The van der Waals surface area contributed by atoms with Gasteiger partial charge in [-0.2, -0.15) is 0 Å². The Morgan fingerprint density at radius 2 is 1.74 bits per heavy atom. The van der Waals surface area contributed by atoms with Gasteiger partial charge in [-0.05, 0) is 37.5 Å². The first-order chi connectivity index (χ1) is 18.7. The molecule has 0 saturated carbocycles. The van der Waals surface area contributed by atoms with Crippen LogP contribution in [0.3, 0.4) is 0 Å². The molecule has 0 N–H and O–H groups in total. The van der Waals surface area contributed by atoms with Gasteiger partial charge in [0.1, 0.15) is 11.6 Å². The van der Waals surface area contributed by atoms with Crippen molar-refractivity contribution in [2.75, 3.05) is 71.0 Å².